The molecule has 0 amide bonds. The lowest BCUT2D eigenvalue weighted by Gasteiger charge is -2.26. The Bertz CT molecular complexity index is 694. The van der Waals surface area contributed by atoms with Crippen molar-refractivity contribution in [3.63, 3.8) is 0 Å². The molecular weight excluding hydrogens is 328 g/mol. The highest BCUT2D eigenvalue weighted by Crippen LogP contribution is 2.27. The number of nitrogens with zero attached hydrogens (tertiary/aromatic N) is 2. The molecule has 23 heavy (non-hydrogen) atoms. The van der Waals surface area contributed by atoms with Crippen molar-refractivity contribution in [1.82, 2.24) is 15.2 Å². The zero-order valence-electron chi connectivity index (χ0n) is 12.9. The third-order valence-electron chi connectivity index (χ3n) is 3.59. The van der Waals surface area contributed by atoms with Gasteiger partial charge in [-0.15, -0.1) is 6.58 Å². The van der Waals surface area contributed by atoms with E-state index in [9.17, 15) is 0 Å². The van der Waals surface area contributed by atoms with E-state index in [0.717, 1.165) is 43.5 Å². The summed E-state index contributed by atoms with van der Waals surface area (Å²) in [6, 6.07) is 6.44. The SMILES string of the molecule is C=CCNC(=S)Nc1nc2ccc(CN3CCOCC3)cc2s1. The van der Waals surface area contributed by atoms with Crippen LogP contribution in [-0.4, -0.2) is 47.8 Å². The van der Waals surface area contributed by atoms with Crippen LogP contribution < -0.4 is 10.6 Å². The first-order chi connectivity index (χ1) is 11.2. The van der Waals surface area contributed by atoms with Crippen molar-refractivity contribution < 1.29 is 4.74 Å². The van der Waals surface area contributed by atoms with Crippen LogP contribution in [0.5, 0.6) is 0 Å². The van der Waals surface area contributed by atoms with Gasteiger partial charge in [-0.1, -0.05) is 23.5 Å². The van der Waals surface area contributed by atoms with Crippen LogP contribution in [0.1, 0.15) is 5.56 Å². The monoisotopic (exact) mass is 348 g/mol. The second-order valence-electron chi connectivity index (χ2n) is 5.33. The number of hydrogen-bond donors (Lipinski definition) is 2. The van der Waals surface area contributed by atoms with Gasteiger partial charge in [0, 0.05) is 26.2 Å². The van der Waals surface area contributed by atoms with E-state index in [4.69, 9.17) is 17.0 Å². The first kappa shape index (κ1) is 16.3. The first-order valence-electron chi connectivity index (χ1n) is 7.60. The van der Waals surface area contributed by atoms with E-state index in [-0.39, 0.29) is 0 Å². The van der Waals surface area contributed by atoms with Gasteiger partial charge < -0.3 is 15.4 Å². The van der Waals surface area contributed by atoms with Crippen molar-refractivity contribution >= 4 is 44.0 Å². The summed E-state index contributed by atoms with van der Waals surface area (Å²) < 4.78 is 6.56. The molecule has 7 heteroatoms. The van der Waals surface area contributed by atoms with Crippen LogP contribution in [0.15, 0.2) is 30.9 Å². The summed E-state index contributed by atoms with van der Waals surface area (Å²) in [5, 5.41) is 7.54. The quantitative estimate of drug-likeness (QED) is 0.640. The number of anilines is 1. The predicted molar refractivity (Wildman–Crippen MR) is 100 cm³/mol. The third-order valence-corrected chi connectivity index (χ3v) is 4.77. The fourth-order valence-corrected chi connectivity index (χ4v) is 3.62. The lowest BCUT2D eigenvalue weighted by Crippen LogP contribution is -2.35. The molecule has 0 atom stereocenters. The summed E-state index contributed by atoms with van der Waals surface area (Å²) in [5.74, 6) is 0. The molecule has 0 bridgehead atoms. The molecule has 3 rings (SSSR count). The minimum Gasteiger partial charge on any atom is -0.379 e. The van der Waals surface area contributed by atoms with Crippen molar-refractivity contribution in [2.75, 3.05) is 38.2 Å². The maximum Gasteiger partial charge on any atom is 0.190 e. The highest BCUT2D eigenvalue weighted by atomic mass is 32.1. The molecule has 1 aromatic carbocycles. The van der Waals surface area contributed by atoms with Gasteiger partial charge in [0.05, 0.1) is 23.4 Å². The first-order valence-corrected chi connectivity index (χ1v) is 8.82. The number of thiazole rings is 1. The molecular formula is C16H20N4OS2. The summed E-state index contributed by atoms with van der Waals surface area (Å²) in [5.41, 5.74) is 2.30. The molecule has 1 aromatic heterocycles. The molecule has 2 aromatic rings. The lowest BCUT2D eigenvalue weighted by molar-refractivity contribution is 0.0342. The van der Waals surface area contributed by atoms with Crippen LogP contribution in [0, 0.1) is 0 Å². The van der Waals surface area contributed by atoms with Crippen LogP contribution >= 0.6 is 23.6 Å². The molecule has 0 unspecified atom stereocenters. The standard InChI is InChI=1S/C16H20N4OS2/c1-2-5-17-15(22)19-16-18-13-4-3-12(10-14(13)23-16)11-20-6-8-21-9-7-20/h2-4,10H,1,5-9,11H2,(H2,17,18,19,22). The highest BCUT2D eigenvalue weighted by Gasteiger charge is 2.12. The Balaban J connectivity index is 1.67. The second-order valence-corrected chi connectivity index (χ2v) is 6.77. The van der Waals surface area contributed by atoms with Crippen LogP contribution in [0.3, 0.4) is 0 Å². The van der Waals surface area contributed by atoms with Crippen LogP contribution in [-0.2, 0) is 11.3 Å². The number of nitrogens with one attached hydrogen (secondary N) is 2. The minimum absolute atomic E-state index is 0.567. The van der Waals surface area contributed by atoms with E-state index in [2.05, 4.69) is 45.3 Å². The zero-order valence-corrected chi connectivity index (χ0v) is 14.5. The molecule has 2 heterocycles. The average molecular weight is 348 g/mol. The summed E-state index contributed by atoms with van der Waals surface area (Å²) in [4.78, 5) is 6.99. The van der Waals surface area contributed by atoms with Gasteiger partial charge in [-0.3, -0.25) is 4.90 Å². The number of fused-ring (bicyclic) bond motifs is 1. The number of rotatable bonds is 5. The summed E-state index contributed by atoms with van der Waals surface area (Å²) in [6.45, 7) is 8.90. The zero-order chi connectivity index (χ0) is 16.1. The van der Waals surface area contributed by atoms with Gasteiger partial charge in [0.25, 0.3) is 0 Å². The van der Waals surface area contributed by atoms with E-state index < -0.39 is 0 Å². The number of hydrogen-bond acceptors (Lipinski definition) is 5. The van der Waals surface area contributed by atoms with Gasteiger partial charge in [0.15, 0.2) is 10.2 Å². The minimum atomic E-state index is 0.567. The fourth-order valence-electron chi connectivity index (χ4n) is 2.44. The molecule has 0 radical (unpaired) electrons. The van der Waals surface area contributed by atoms with E-state index >= 15 is 0 Å². The van der Waals surface area contributed by atoms with Crippen molar-refractivity contribution in [3.8, 4) is 0 Å². The lowest BCUT2D eigenvalue weighted by atomic mass is 10.2. The summed E-state index contributed by atoms with van der Waals surface area (Å²) in [6.07, 6.45) is 1.77. The van der Waals surface area contributed by atoms with Gasteiger partial charge in [-0.25, -0.2) is 4.98 Å². The topological polar surface area (TPSA) is 49.4 Å². The molecule has 1 aliphatic heterocycles. The molecule has 5 nitrogen and oxygen atoms in total. The molecule has 1 saturated heterocycles. The molecule has 0 aliphatic carbocycles. The van der Waals surface area contributed by atoms with Crippen molar-refractivity contribution in [2.45, 2.75) is 6.54 Å². The van der Waals surface area contributed by atoms with Crippen molar-refractivity contribution in [1.29, 1.82) is 0 Å². The molecule has 2 N–H and O–H groups in total. The van der Waals surface area contributed by atoms with Crippen LogP contribution in [0.25, 0.3) is 10.2 Å². The van der Waals surface area contributed by atoms with Gasteiger partial charge >= 0.3 is 0 Å². The Labute approximate surface area is 145 Å². The average Bonchev–Trinajstić information content (AvgIpc) is 2.95. The number of ether oxygens (including phenoxy) is 1. The molecule has 0 spiro atoms. The highest BCUT2D eigenvalue weighted by molar-refractivity contribution is 7.80. The molecule has 1 fully saturated rings. The molecule has 122 valence electrons. The smallest absolute Gasteiger partial charge is 0.190 e. The van der Waals surface area contributed by atoms with Crippen LogP contribution in [0.4, 0.5) is 5.13 Å². The van der Waals surface area contributed by atoms with Crippen molar-refractivity contribution in [3.05, 3.63) is 36.4 Å². The van der Waals surface area contributed by atoms with E-state index in [1.807, 2.05) is 0 Å². The van der Waals surface area contributed by atoms with E-state index in [1.165, 1.54) is 10.3 Å². The van der Waals surface area contributed by atoms with Crippen LogP contribution in [0.2, 0.25) is 0 Å². The molecule has 1 aliphatic rings. The second kappa shape index (κ2) is 7.83. The maximum absolute atomic E-state index is 5.39. The van der Waals surface area contributed by atoms with Gasteiger partial charge in [0.1, 0.15) is 0 Å². The fraction of sp³-hybridized carbons (Fsp3) is 0.375. The number of benzene rings is 1. The Morgan fingerprint density at radius 1 is 1.43 bits per heavy atom. The Morgan fingerprint density at radius 3 is 3.04 bits per heavy atom. The molecule has 0 saturated carbocycles. The van der Waals surface area contributed by atoms with Gasteiger partial charge in [0.2, 0.25) is 0 Å². The predicted octanol–water partition coefficient (Wildman–Crippen LogP) is 2.60. The Kier molecular flexibility index (Phi) is 5.56. The summed E-state index contributed by atoms with van der Waals surface area (Å²) in [7, 11) is 0. The Hall–Kier alpha value is -1.54. The summed E-state index contributed by atoms with van der Waals surface area (Å²) >= 11 is 6.83. The Morgan fingerprint density at radius 2 is 2.26 bits per heavy atom. The van der Waals surface area contributed by atoms with Crippen molar-refractivity contribution in [2.24, 2.45) is 0 Å². The number of morpholine rings is 1. The normalized spacial score (nSPS) is 15.5. The number of aromatic nitrogens is 1. The van der Waals surface area contributed by atoms with Gasteiger partial charge in [-0.2, -0.15) is 0 Å². The maximum atomic E-state index is 5.39. The van der Waals surface area contributed by atoms with E-state index in [0.29, 0.717) is 11.7 Å². The largest absolute Gasteiger partial charge is 0.379 e. The van der Waals surface area contributed by atoms with E-state index in [1.54, 1.807) is 17.4 Å². The number of thiocarbonyl (C=S) groups is 1. The third kappa shape index (κ3) is 4.48. The van der Waals surface area contributed by atoms with Gasteiger partial charge in [-0.05, 0) is 29.9 Å².